The van der Waals surface area contributed by atoms with E-state index in [1.165, 1.54) is 23.6 Å². The fourth-order valence-electron chi connectivity index (χ4n) is 1.58. The van der Waals surface area contributed by atoms with Gasteiger partial charge in [0, 0.05) is 0 Å². The van der Waals surface area contributed by atoms with E-state index in [1.807, 2.05) is 0 Å². The number of hydrogen-bond donors (Lipinski definition) is 0. The van der Waals surface area contributed by atoms with Crippen LogP contribution in [0.1, 0.15) is 34.6 Å². The van der Waals surface area contributed by atoms with Crippen LogP contribution in [0.5, 0.6) is 0 Å². The van der Waals surface area contributed by atoms with E-state index >= 15 is 0 Å². The van der Waals surface area contributed by atoms with Gasteiger partial charge in [0.2, 0.25) is 0 Å². The lowest BCUT2D eigenvalue weighted by atomic mass is 10.2. The molecule has 0 aliphatic rings. The molecule has 0 aliphatic heterocycles. The Labute approximate surface area is 124 Å². The molecule has 7 nitrogen and oxygen atoms in total. The largest absolute Gasteiger partial charge is 0.464 e. The van der Waals surface area contributed by atoms with Gasteiger partial charge < -0.3 is 9.47 Å². The summed E-state index contributed by atoms with van der Waals surface area (Å²) in [6.07, 6.45) is 3.56. The van der Waals surface area contributed by atoms with Crippen LogP contribution in [-0.2, 0) is 14.3 Å². The van der Waals surface area contributed by atoms with Gasteiger partial charge in [-0.25, -0.2) is 19.6 Å². The zero-order valence-corrected chi connectivity index (χ0v) is 13.0. The lowest BCUT2D eigenvalue weighted by molar-refractivity contribution is -0.144. The molecule has 1 rings (SSSR count). The summed E-state index contributed by atoms with van der Waals surface area (Å²) in [5.74, 6) is -0.521. The van der Waals surface area contributed by atoms with Crippen molar-refractivity contribution in [2.45, 2.75) is 46.3 Å². The smallest absolute Gasteiger partial charge is 0.415 e. The van der Waals surface area contributed by atoms with Crippen molar-refractivity contribution in [2.75, 3.05) is 11.5 Å². The van der Waals surface area contributed by atoms with E-state index in [-0.39, 0.29) is 6.61 Å². The van der Waals surface area contributed by atoms with Gasteiger partial charge in [0.25, 0.3) is 0 Å². The Kier molecular flexibility index (Phi) is 5.63. The molecule has 1 unspecified atom stereocenters. The standard InChI is InChI=1S/C14H21N3O4/c1-6-20-12(18)10(2)17(11-7-15-9-16-8-11)13(19)21-14(3,4)5/h7-10H,6H2,1-5H3. The van der Waals surface area contributed by atoms with Gasteiger partial charge in [-0.1, -0.05) is 0 Å². The van der Waals surface area contributed by atoms with Gasteiger partial charge in [-0.3, -0.25) is 4.90 Å². The van der Waals surface area contributed by atoms with Gasteiger partial charge >= 0.3 is 12.1 Å². The van der Waals surface area contributed by atoms with Crippen LogP contribution in [0, 0.1) is 0 Å². The van der Waals surface area contributed by atoms with E-state index in [9.17, 15) is 9.59 Å². The fourth-order valence-corrected chi connectivity index (χ4v) is 1.58. The molecule has 0 bridgehead atoms. The molecule has 1 atom stereocenters. The van der Waals surface area contributed by atoms with Crippen molar-refractivity contribution in [3.63, 3.8) is 0 Å². The molecular weight excluding hydrogens is 274 g/mol. The molecule has 1 amide bonds. The zero-order chi connectivity index (χ0) is 16.0. The van der Waals surface area contributed by atoms with Crippen molar-refractivity contribution >= 4 is 17.7 Å². The van der Waals surface area contributed by atoms with Gasteiger partial charge in [-0.05, 0) is 34.6 Å². The number of hydrogen-bond acceptors (Lipinski definition) is 6. The van der Waals surface area contributed by atoms with E-state index in [4.69, 9.17) is 9.47 Å². The number of carbonyl (C=O) groups excluding carboxylic acids is 2. The molecule has 1 aromatic heterocycles. The first kappa shape index (κ1) is 16.9. The number of nitrogens with zero attached hydrogens (tertiary/aromatic N) is 3. The monoisotopic (exact) mass is 295 g/mol. The summed E-state index contributed by atoms with van der Waals surface area (Å²) in [4.78, 5) is 33.2. The highest BCUT2D eigenvalue weighted by molar-refractivity contribution is 5.95. The first-order valence-electron chi connectivity index (χ1n) is 6.70. The van der Waals surface area contributed by atoms with E-state index in [2.05, 4.69) is 9.97 Å². The number of aromatic nitrogens is 2. The summed E-state index contributed by atoms with van der Waals surface area (Å²) in [6, 6.07) is -0.842. The van der Waals surface area contributed by atoms with Gasteiger partial charge in [-0.2, -0.15) is 0 Å². The lowest BCUT2D eigenvalue weighted by Gasteiger charge is -2.30. The summed E-state index contributed by atoms with van der Waals surface area (Å²) in [5, 5.41) is 0. The van der Waals surface area contributed by atoms with E-state index < -0.39 is 23.7 Å². The minimum Gasteiger partial charge on any atom is -0.464 e. The lowest BCUT2D eigenvalue weighted by Crippen LogP contribution is -2.46. The van der Waals surface area contributed by atoms with E-state index in [0.29, 0.717) is 5.69 Å². The Hall–Kier alpha value is -2.18. The Morgan fingerprint density at radius 3 is 2.33 bits per heavy atom. The fraction of sp³-hybridized carbons (Fsp3) is 0.571. The van der Waals surface area contributed by atoms with Crippen LogP contribution in [-0.4, -0.2) is 40.3 Å². The molecule has 0 spiro atoms. The molecule has 0 aromatic carbocycles. The third kappa shape index (κ3) is 5.02. The molecule has 0 N–H and O–H groups in total. The third-order valence-electron chi connectivity index (χ3n) is 2.43. The Bertz CT molecular complexity index is 485. The minimum atomic E-state index is -0.842. The number of amides is 1. The summed E-state index contributed by atoms with van der Waals surface area (Å²) < 4.78 is 10.3. The van der Waals surface area contributed by atoms with Crippen molar-refractivity contribution in [3.05, 3.63) is 18.7 Å². The second-order valence-electron chi connectivity index (χ2n) is 5.38. The van der Waals surface area contributed by atoms with Crippen LogP contribution in [0.15, 0.2) is 18.7 Å². The predicted octanol–water partition coefficient (Wildman–Crippen LogP) is 2.17. The first-order chi connectivity index (χ1) is 9.76. The second-order valence-corrected chi connectivity index (χ2v) is 5.38. The number of ether oxygens (including phenoxy) is 2. The minimum absolute atomic E-state index is 0.233. The predicted molar refractivity (Wildman–Crippen MR) is 76.8 cm³/mol. The number of esters is 1. The highest BCUT2D eigenvalue weighted by Gasteiger charge is 2.32. The van der Waals surface area contributed by atoms with Crippen LogP contribution in [0.4, 0.5) is 10.5 Å². The number of rotatable bonds is 4. The van der Waals surface area contributed by atoms with Crippen molar-refractivity contribution in [1.29, 1.82) is 0 Å². The summed E-state index contributed by atoms with van der Waals surface area (Å²) >= 11 is 0. The van der Waals surface area contributed by atoms with Crippen molar-refractivity contribution in [2.24, 2.45) is 0 Å². The van der Waals surface area contributed by atoms with Gasteiger partial charge in [-0.15, -0.1) is 0 Å². The summed E-state index contributed by atoms with van der Waals surface area (Å²) in [7, 11) is 0. The quantitative estimate of drug-likeness (QED) is 0.792. The molecule has 0 radical (unpaired) electrons. The highest BCUT2D eigenvalue weighted by Crippen LogP contribution is 2.19. The normalized spacial score (nSPS) is 12.4. The molecule has 0 saturated carbocycles. The van der Waals surface area contributed by atoms with Crippen LogP contribution < -0.4 is 4.90 Å². The molecular formula is C14H21N3O4. The second kappa shape index (κ2) is 7.01. The van der Waals surface area contributed by atoms with Crippen molar-refractivity contribution in [3.8, 4) is 0 Å². The van der Waals surface area contributed by atoms with Crippen molar-refractivity contribution < 1.29 is 19.1 Å². The summed E-state index contributed by atoms with van der Waals surface area (Å²) in [5.41, 5.74) is -0.313. The molecule has 116 valence electrons. The number of carbonyl (C=O) groups is 2. The highest BCUT2D eigenvalue weighted by atomic mass is 16.6. The Morgan fingerprint density at radius 1 is 1.29 bits per heavy atom. The zero-order valence-electron chi connectivity index (χ0n) is 13.0. The van der Waals surface area contributed by atoms with E-state index in [1.54, 1.807) is 34.6 Å². The molecule has 21 heavy (non-hydrogen) atoms. The summed E-state index contributed by atoms with van der Waals surface area (Å²) in [6.45, 7) is 8.75. The van der Waals surface area contributed by atoms with Crippen LogP contribution >= 0.6 is 0 Å². The van der Waals surface area contributed by atoms with Crippen molar-refractivity contribution in [1.82, 2.24) is 9.97 Å². The Balaban J connectivity index is 3.06. The van der Waals surface area contributed by atoms with Crippen LogP contribution in [0.3, 0.4) is 0 Å². The van der Waals surface area contributed by atoms with E-state index in [0.717, 1.165) is 0 Å². The van der Waals surface area contributed by atoms with Gasteiger partial charge in [0.1, 0.15) is 18.0 Å². The molecule has 7 heteroatoms. The Morgan fingerprint density at radius 2 is 1.86 bits per heavy atom. The topological polar surface area (TPSA) is 81.6 Å². The molecule has 1 aromatic rings. The maximum atomic E-state index is 12.3. The molecule has 0 fully saturated rings. The van der Waals surface area contributed by atoms with Gasteiger partial charge in [0.15, 0.2) is 0 Å². The van der Waals surface area contributed by atoms with Gasteiger partial charge in [0.05, 0.1) is 24.7 Å². The maximum Gasteiger partial charge on any atom is 0.415 e. The third-order valence-corrected chi connectivity index (χ3v) is 2.43. The number of anilines is 1. The average Bonchev–Trinajstić information content (AvgIpc) is 2.38. The van der Waals surface area contributed by atoms with Crippen LogP contribution in [0.2, 0.25) is 0 Å². The first-order valence-corrected chi connectivity index (χ1v) is 6.70. The SMILES string of the molecule is CCOC(=O)C(C)N(C(=O)OC(C)(C)C)c1cncnc1. The molecule has 0 aliphatic carbocycles. The maximum absolute atomic E-state index is 12.3. The van der Waals surface area contributed by atoms with Crippen LogP contribution in [0.25, 0.3) is 0 Å². The molecule has 1 heterocycles. The average molecular weight is 295 g/mol. The molecule has 0 saturated heterocycles.